The van der Waals surface area contributed by atoms with Gasteiger partial charge in [0.1, 0.15) is 15.6 Å². The van der Waals surface area contributed by atoms with Gasteiger partial charge in [-0.2, -0.15) is 0 Å². The number of Topliss-reactive ketones (excluding diaryl/α,β-unsaturated/α-hetero) is 1. The van der Waals surface area contributed by atoms with Crippen LogP contribution in [0.2, 0.25) is 0 Å². The lowest BCUT2D eigenvalue weighted by atomic mass is 9.93. The van der Waals surface area contributed by atoms with Crippen molar-refractivity contribution in [2.45, 2.75) is 45.1 Å². The minimum atomic E-state index is -2.84. The molecule has 1 aliphatic carbocycles. The van der Waals surface area contributed by atoms with Gasteiger partial charge in [0, 0.05) is 24.6 Å². The third-order valence-corrected chi connectivity index (χ3v) is 5.33. The molecule has 0 aromatic rings. The molecule has 5 heteroatoms. The van der Waals surface area contributed by atoms with Crippen LogP contribution in [0.15, 0.2) is 0 Å². The summed E-state index contributed by atoms with van der Waals surface area (Å²) < 4.78 is 22.7. The van der Waals surface area contributed by atoms with Crippen LogP contribution in [0.3, 0.4) is 0 Å². The number of carbonyl (C=O) groups is 1. The van der Waals surface area contributed by atoms with E-state index in [2.05, 4.69) is 4.90 Å². The average Bonchev–Trinajstić information content (AvgIpc) is 2.29. The van der Waals surface area contributed by atoms with Gasteiger partial charge in [-0.15, -0.1) is 0 Å². The maximum Gasteiger partial charge on any atom is 0.150 e. The molecule has 4 nitrogen and oxygen atoms in total. The molecule has 0 atom stereocenters. The van der Waals surface area contributed by atoms with Gasteiger partial charge in [0.05, 0.1) is 5.75 Å². The summed E-state index contributed by atoms with van der Waals surface area (Å²) in [7, 11) is -0.809. The van der Waals surface area contributed by atoms with Crippen LogP contribution in [0.25, 0.3) is 0 Å². The lowest BCUT2D eigenvalue weighted by molar-refractivity contribution is -0.121. The second-order valence-corrected chi connectivity index (χ2v) is 7.31. The van der Waals surface area contributed by atoms with Gasteiger partial charge >= 0.3 is 0 Å². The molecule has 0 radical (unpaired) electrons. The topological polar surface area (TPSA) is 54.5 Å². The largest absolute Gasteiger partial charge is 0.303 e. The van der Waals surface area contributed by atoms with Gasteiger partial charge in [-0.25, -0.2) is 8.42 Å². The van der Waals surface area contributed by atoms with Crippen molar-refractivity contribution in [3.05, 3.63) is 0 Å². The van der Waals surface area contributed by atoms with Crippen LogP contribution in [0.5, 0.6) is 0 Å². The van der Waals surface area contributed by atoms with Crippen molar-refractivity contribution in [2.24, 2.45) is 0 Å². The van der Waals surface area contributed by atoms with E-state index < -0.39 is 9.84 Å². The van der Waals surface area contributed by atoms with Gasteiger partial charge in [-0.05, 0) is 32.9 Å². The van der Waals surface area contributed by atoms with E-state index in [1.165, 1.54) is 0 Å². The Kier molecular flexibility index (Phi) is 5.59. The molecule has 0 spiro atoms. The zero-order valence-corrected chi connectivity index (χ0v) is 11.6. The first-order chi connectivity index (χ1) is 7.94. The second kappa shape index (κ2) is 6.50. The van der Waals surface area contributed by atoms with Crippen LogP contribution < -0.4 is 0 Å². The molecule has 0 saturated heterocycles. The minimum absolute atomic E-state index is 0.231. The van der Waals surface area contributed by atoms with E-state index in [0.717, 1.165) is 19.4 Å². The van der Waals surface area contributed by atoms with E-state index in [1.807, 2.05) is 7.05 Å². The molecule has 0 aromatic heterocycles. The summed E-state index contributed by atoms with van der Waals surface area (Å²) in [5, 5.41) is 0. The van der Waals surface area contributed by atoms with Crippen LogP contribution in [0.1, 0.15) is 39.0 Å². The smallest absolute Gasteiger partial charge is 0.150 e. The molecular formula is C12H23NO3S. The predicted molar refractivity (Wildman–Crippen MR) is 68.8 cm³/mol. The fourth-order valence-electron chi connectivity index (χ4n) is 2.23. The van der Waals surface area contributed by atoms with E-state index in [0.29, 0.717) is 31.1 Å². The normalized spacial score (nSPS) is 18.9. The maximum atomic E-state index is 11.3. The lowest BCUT2D eigenvalue weighted by Gasteiger charge is -2.30. The van der Waals surface area contributed by atoms with E-state index >= 15 is 0 Å². The van der Waals surface area contributed by atoms with Crippen molar-refractivity contribution in [3.63, 3.8) is 0 Å². The first-order valence-electron chi connectivity index (χ1n) is 6.37. The van der Waals surface area contributed by atoms with Gasteiger partial charge in [0.2, 0.25) is 0 Å². The number of nitrogens with zero attached hydrogens (tertiary/aromatic N) is 1. The highest BCUT2D eigenvalue weighted by atomic mass is 32.2. The Labute approximate surface area is 104 Å². The molecule has 0 bridgehead atoms. The Bertz CT molecular complexity index is 341. The first kappa shape index (κ1) is 14.6. The monoisotopic (exact) mass is 261 g/mol. The number of hydrogen-bond donors (Lipinski definition) is 0. The standard InChI is InChI=1S/C12H23NO3S/c1-3-17(15,16)10-4-9-13(2)11-5-7-12(14)8-6-11/h11H,3-10H2,1-2H3. The molecule has 1 saturated carbocycles. The Morgan fingerprint density at radius 3 is 2.41 bits per heavy atom. The van der Waals surface area contributed by atoms with Crippen molar-refractivity contribution in [1.29, 1.82) is 0 Å². The van der Waals surface area contributed by atoms with Crippen LogP contribution >= 0.6 is 0 Å². The third-order valence-electron chi connectivity index (χ3n) is 3.54. The minimum Gasteiger partial charge on any atom is -0.303 e. The summed E-state index contributed by atoms with van der Waals surface area (Å²) in [6.45, 7) is 2.49. The number of sulfone groups is 1. The Morgan fingerprint density at radius 1 is 1.29 bits per heavy atom. The van der Waals surface area contributed by atoms with E-state index in [1.54, 1.807) is 6.92 Å². The molecule has 0 heterocycles. The highest BCUT2D eigenvalue weighted by Gasteiger charge is 2.22. The molecule has 0 aromatic carbocycles. The molecule has 1 fully saturated rings. The quantitative estimate of drug-likeness (QED) is 0.722. The summed E-state index contributed by atoms with van der Waals surface area (Å²) in [5.41, 5.74) is 0. The SMILES string of the molecule is CCS(=O)(=O)CCCN(C)C1CCC(=O)CC1. The van der Waals surface area contributed by atoms with E-state index in [-0.39, 0.29) is 11.5 Å². The number of rotatable bonds is 6. The summed E-state index contributed by atoms with van der Waals surface area (Å²) >= 11 is 0. The predicted octanol–water partition coefficient (Wildman–Crippen LogP) is 1.25. The van der Waals surface area contributed by atoms with Crippen molar-refractivity contribution < 1.29 is 13.2 Å². The van der Waals surface area contributed by atoms with Crippen LogP contribution in [-0.4, -0.2) is 50.2 Å². The molecule has 17 heavy (non-hydrogen) atoms. The Balaban J connectivity index is 2.25. The van der Waals surface area contributed by atoms with Gasteiger partial charge in [0.15, 0.2) is 0 Å². The molecular weight excluding hydrogens is 238 g/mol. The highest BCUT2D eigenvalue weighted by molar-refractivity contribution is 7.91. The number of hydrogen-bond acceptors (Lipinski definition) is 4. The van der Waals surface area contributed by atoms with Crippen molar-refractivity contribution in [3.8, 4) is 0 Å². The fourth-order valence-corrected chi connectivity index (χ4v) is 3.08. The van der Waals surface area contributed by atoms with Gasteiger partial charge in [0.25, 0.3) is 0 Å². The second-order valence-electron chi connectivity index (χ2n) is 4.84. The lowest BCUT2D eigenvalue weighted by Crippen LogP contribution is -2.36. The van der Waals surface area contributed by atoms with Gasteiger partial charge in [-0.1, -0.05) is 6.92 Å². The van der Waals surface area contributed by atoms with Crippen LogP contribution in [0, 0.1) is 0 Å². The Morgan fingerprint density at radius 2 is 1.88 bits per heavy atom. The fraction of sp³-hybridized carbons (Fsp3) is 0.917. The van der Waals surface area contributed by atoms with Crippen LogP contribution in [-0.2, 0) is 14.6 Å². The van der Waals surface area contributed by atoms with Gasteiger partial charge < -0.3 is 4.90 Å². The summed E-state index contributed by atoms with van der Waals surface area (Å²) in [5.74, 6) is 0.872. The molecule has 0 N–H and O–H groups in total. The molecule has 0 aliphatic heterocycles. The van der Waals surface area contributed by atoms with Crippen molar-refractivity contribution in [2.75, 3.05) is 25.1 Å². The zero-order chi connectivity index (χ0) is 12.9. The van der Waals surface area contributed by atoms with Crippen LogP contribution in [0.4, 0.5) is 0 Å². The Hall–Kier alpha value is -0.420. The summed E-state index contributed by atoms with van der Waals surface area (Å²) in [4.78, 5) is 13.3. The van der Waals surface area contributed by atoms with Crippen molar-refractivity contribution in [1.82, 2.24) is 4.90 Å². The maximum absolute atomic E-state index is 11.3. The highest BCUT2D eigenvalue weighted by Crippen LogP contribution is 2.19. The molecule has 1 rings (SSSR count). The zero-order valence-electron chi connectivity index (χ0n) is 10.8. The molecule has 0 amide bonds. The van der Waals surface area contributed by atoms with E-state index in [9.17, 15) is 13.2 Å². The third kappa shape index (κ3) is 5.17. The average molecular weight is 261 g/mol. The van der Waals surface area contributed by atoms with Crippen molar-refractivity contribution >= 4 is 15.6 Å². The molecule has 0 unspecified atom stereocenters. The number of carbonyl (C=O) groups excluding carboxylic acids is 1. The molecule has 1 aliphatic rings. The number of ketones is 1. The first-order valence-corrected chi connectivity index (χ1v) is 8.19. The van der Waals surface area contributed by atoms with Gasteiger partial charge in [-0.3, -0.25) is 4.79 Å². The molecule has 100 valence electrons. The van der Waals surface area contributed by atoms with E-state index in [4.69, 9.17) is 0 Å². The summed E-state index contributed by atoms with van der Waals surface area (Å²) in [6, 6.07) is 0.456. The summed E-state index contributed by atoms with van der Waals surface area (Å²) in [6.07, 6.45) is 3.91.